The fourth-order valence-electron chi connectivity index (χ4n) is 6.15. The molecule has 3 aromatic carbocycles. The maximum Gasteiger partial charge on any atom is 0.297 e. The molecule has 1 unspecified atom stereocenters. The van der Waals surface area contributed by atoms with Crippen LogP contribution in [0.1, 0.15) is 60.7 Å². The standard InChI is InChI=1S/C33H24FN3O5S/c1-16-13-22-25(14-17(16)2)42-28-26(27(22)39)33(37(30(28)40)32-35-18(3)29(43-32)19(4)38)23-7-5-6-8-24(23)36(31(33)41)15-20-9-11-21(34)12-10-20/h5-14H,15H2,1-4H3. The van der Waals surface area contributed by atoms with Gasteiger partial charge in [-0.1, -0.05) is 41.7 Å². The van der Waals surface area contributed by atoms with Crippen LogP contribution in [-0.2, 0) is 16.9 Å². The van der Waals surface area contributed by atoms with Gasteiger partial charge in [0.2, 0.25) is 5.76 Å². The summed E-state index contributed by atoms with van der Waals surface area (Å²) in [6.07, 6.45) is 0. The Kier molecular flexibility index (Phi) is 5.80. The van der Waals surface area contributed by atoms with Crippen LogP contribution in [-0.4, -0.2) is 22.6 Å². The quantitative estimate of drug-likeness (QED) is 0.238. The van der Waals surface area contributed by atoms with Crippen molar-refractivity contribution in [2.45, 2.75) is 39.8 Å². The van der Waals surface area contributed by atoms with Gasteiger partial charge in [0.15, 0.2) is 21.9 Å². The summed E-state index contributed by atoms with van der Waals surface area (Å²) < 4.78 is 19.9. The molecule has 0 aliphatic carbocycles. The summed E-state index contributed by atoms with van der Waals surface area (Å²) in [6, 6.07) is 16.2. The summed E-state index contributed by atoms with van der Waals surface area (Å²) in [5.74, 6) is -2.16. The van der Waals surface area contributed by atoms with Gasteiger partial charge in [0.05, 0.1) is 33.8 Å². The number of para-hydroxylation sites is 1. The maximum absolute atomic E-state index is 15.0. The smallest absolute Gasteiger partial charge is 0.297 e. The van der Waals surface area contributed by atoms with Crippen LogP contribution < -0.4 is 15.2 Å². The highest BCUT2D eigenvalue weighted by molar-refractivity contribution is 7.17. The normalized spacial score (nSPS) is 17.3. The van der Waals surface area contributed by atoms with Crippen LogP contribution in [0.25, 0.3) is 11.0 Å². The number of amides is 2. The van der Waals surface area contributed by atoms with Crippen LogP contribution in [0.2, 0.25) is 0 Å². The van der Waals surface area contributed by atoms with E-state index in [1.165, 1.54) is 28.9 Å². The molecule has 0 saturated heterocycles. The number of thiazole rings is 1. The lowest BCUT2D eigenvalue weighted by Gasteiger charge is -2.32. The van der Waals surface area contributed by atoms with Gasteiger partial charge in [-0.2, -0.15) is 0 Å². The van der Waals surface area contributed by atoms with Gasteiger partial charge in [-0.3, -0.25) is 24.1 Å². The molecule has 0 radical (unpaired) electrons. The van der Waals surface area contributed by atoms with Crippen LogP contribution in [0, 0.1) is 26.6 Å². The van der Waals surface area contributed by atoms with Gasteiger partial charge in [-0.25, -0.2) is 9.37 Å². The number of Topliss-reactive ketones (excluding diaryl/α,β-unsaturated/α-hetero) is 1. The van der Waals surface area contributed by atoms with E-state index in [1.807, 2.05) is 13.8 Å². The average molecular weight is 594 g/mol. The predicted octanol–water partition coefficient (Wildman–Crippen LogP) is 5.97. The molecule has 8 nitrogen and oxygen atoms in total. The number of fused-ring (bicyclic) bond motifs is 5. The zero-order valence-electron chi connectivity index (χ0n) is 23.6. The first-order valence-electron chi connectivity index (χ1n) is 13.6. The molecule has 1 spiro atoms. The first-order chi connectivity index (χ1) is 20.5. The molecule has 0 saturated carbocycles. The highest BCUT2D eigenvalue weighted by Gasteiger charge is 2.66. The second-order valence-electron chi connectivity index (χ2n) is 10.9. The second kappa shape index (κ2) is 9.27. The molecule has 10 heteroatoms. The lowest BCUT2D eigenvalue weighted by molar-refractivity contribution is -0.121. The molecule has 0 N–H and O–H groups in total. The van der Waals surface area contributed by atoms with Crippen molar-refractivity contribution in [2.24, 2.45) is 0 Å². The Hall–Kier alpha value is -4.96. The Morgan fingerprint density at radius 1 is 1.00 bits per heavy atom. The average Bonchev–Trinajstić information content (AvgIpc) is 3.56. The van der Waals surface area contributed by atoms with Crippen molar-refractivity contribution in [2.75, 3.05) is 9.80 Å². The fraction of sp³-hybridized carbons (Fsp3) is 0.182. The SMILES string of the molecule is CC(=O)c1sc(N2C(=O)c3oc4cc(C)c(C)cc4c(=O)c3C23C(=O)N(Cc2ccc(F)cc2)c2ccccc23)nc1C. The molecule has 43 heavy (non-hydrogen) atoms. The van der Waals surface area contributed by atoms with Crippen LogP contribution in [0.5, 0.6) is 0 Å². The minimum atomic E-state index is -1.95. The van der Waals surface area contributed by atoms with Crippen molar-refractivity contribution in [1.82, 2.24) is 4.98 Å². The molecule has 2 aliphatic heterocycles. The van der Waals surface area contributed by atoms with Crippen molar-refractivity contribution in [3.05, 3.63) is 121 Å². The molecular weight excluding hydrogens is 569 g/mol. The minimum Gasteiger partial charge on any atom is -0.450 e. The number of carbonyl (C=O) groups excluding carboxylic acids is 3. The Labute approximate surface area is 249 Å². The number of aryl methyl sites for hydroxylation is 3. The molecule has 2 amide bonds. The minimum absolute atomic E-state index is 0.0576. The van der Waals surface area contributed by atoms with Crippen LogP contribution in [0.4, 0.5) is 15.2 Å². The highest BCUT2D eigenvalue weighted by atomic mass is 32.1. The molecule has 7 rings (SSSR count). The largest absolute Gasteiger partial charge is 0.450 e. The van der Waals surface area contributed by atoms with Crippen molar-refractivity contribution in [3.8, 4) is 0 Å². The zero-order chi connectivity index (χ0) is 30.4. The number of rotatable bonds is 4. The number of anilines is 2. The summed E-state index contributed by atoms with van der Waals surface area (Å²) in [7, 11) is 0. The monoisotopic (exact) mass is 593 g/mol. The first-order valence-corrected chi connectivity index (χ1v) is 14.4. The van der Waals surface area contributed by atoms with E-state index in [1.54, 1.807) is 55.5 Å². The fourth-order valence-corrected chi connectivity index (χ4v) is 7.17. The molecule has 0 fully saturated rings. The molecule has 214 valence electrons. The van der Waals surface area contributed by atoms with Crippen LogP contribution >= 0.6 is 11.3 Å². The van der Waals surface area contributed by atoms with E-state index in [0.717, 1.165) is 22.5 Å². The summed E-state index contributed by atoms with van der Waals surface area (Å²) in [6.45, 7) is 6.87. The Morgan fingerprint density at radius 3 is 2.40 bits per heavy atom. The van der Waals surface area contributed by atoms with Gasteiger partial charge < -0.3 is 9.32 Å². The number of benzene rings is 3. The van der Waals surface area contributed by atoms with Gasteiger partial charge in [0.1, 0.15) is 11.4 Å². The molecule has 1 atom stereocenters. The van der Waals surface area contributed by atoms with Gasteiger partial charge in [-0.05, 0) is 67.8 Å². The number of ketones is 1. The van der Waals surface area contributed by atoms with Gasteiger partial charge in [0.25, 0.3) is 11.8 Å². The Bertz CT molecular complexity index is 2120. The summed E-state index contributed by atoms with van der Waals surface area (Å²) in [4.78, 5) is 63.9. The third kappa shape index (κ3) is 3.62. The highest BCUT2D eigenvalue weighted by Crippen LogP contribution is 2.55. The number of nitrogens with zero attached hydrogens (tertiary/aromatic N) is 3. The van der Waals surface area contributed by atoms with Crippen molar-refractivity contribution >= 4 is 50.7 Å². The van der Waals surface area contributed by atoms with E-state index in [9.17, 15) is 23.6 Å². The number of hydrogen-bond acceptors (Lipinski definition) is 7. The summed E-state index contributed by atoms with van der Waals surface area (Å²) >= 11 is 0.987. The Morgan fingerprint density at radius 2 is 1.70 bits per heavy atom. The first kappa shape index (κ1) is 26.9. The lowest BCUT2D eigenvalue weighted by Crippen LogP contribution is -2.53. The number of carbonyl (C=O) groups is 3. The van der Waals surface area contributed by atoms with Gasteiger partial charge >= 0.3 is 0 Å². The van der Waals surface area contributed by atoms with Gasteiger partial charge in [0, 0.05) is 12.5 Å². The topological polar surface area (TPSA) is 101 Å². The van der Waals surface area contributed by atoms with E-state index in [0.29, 0.717) is 27.4 Å². The third-order valence-corrected chi connectivity index (χ3v) is 9.53. The number of hydrogen-bond donors (Lipinski definition) is 0. The second-order valence-corrected chi connectivity index (χ2v) is 11.9. The van der Waals surface area contributed by atoms with Gasteiger partial charge in [-0.15, -0.1) is 0 Å². The van der Waals surface area contributed by atoms with E-state index >= 15 is 0 Å². The third-order valence-electron chi connectivity index (χ3n) is 8.29. The summed E-state index contributed by atoms with van der Waals surface area (Å²) in [5.41, 5.74) is 1.38. The molecule has 0 bridgehead atoms. The lowest BCUT2D eigenvalue weighted by atomic mass is 9.84. The van der Waals surface area contributed by atoms with Crippen molar-refractivity contribution in [3.63, 3.8) is 0 Å². The van der Waals surface area contributed by atoms with E-state index in [2.05, 4.69) is 4.98 Å². The van der Waals surface area contributed by atoms with E-state index in [4.69, 9.17) is 4.42 Å². The molecule has 4 heterocycles. The van der Waals surface area contributed by atoms with Crippen LogP contribution in [0.3, 0.4) is 0 Å². The summed E-state index contributed by atoms with van der Waals surface area (Å²) in [5, 5.41) is 0.347. The Balaban J connectivity index is 1.57. The van der Waals surface area contributed by atoms with Crippen LogP contribution in [0.15, 0.2) is 69.9 Å². The molecular formula is C33H24FN3O5S. The maximum atomic E-state index is 15.0. The predicted molar refractivity (Wildman–Crippen MR) is 160 cm³/mol. The van der Waals surface area contributed by atoms with Crippen molar-refractivity contribution in [1.29, 1.82) is 0 Å². The molecule has 2 aromatic heterocycles. The van der Waals surface area contributed by atoms with E-state index in [-0.39, 0.29) is 39.8 Å². The number of aromatic nitrogens is 1. The number of halogens is 1. The molecule has 2 aliphatic rings. The van der Waals surface area contributed by atoms with E-state index < -0.39 is 28.6 Å². The molecule has 5 aromatic rings. The van der Waals surface area contributed by atoms with Crippen molar-refractivity contribution < 1.29 is 23.2 Å². The zero-order valence-corrected chi connectivity index (χ0v) is 24.5.